The van der Waals surface area contributed by atoms with E-state index in [1.807, 2.05) is 12.3 Å². The van der Waals surface area contributed by atoms with Crippen LogP contribution in [0, 0.1) is 5.82 Å². The van der Waals surface area contributed by atoms with E-state index in [0.717, 1.165) is 81.7 Å². The Kier molecular flexibility index (Phi) is 10.4. The fraction of sp³-hybridized carbons (Fsp3) is 0.568. The van der Waals surface area contributed by atoms with Gasteiger partial charge in [-0.15, -0.1) is 0 Å². The Labute approximate surface area is 296 Å². The second kappa shape index (κ2) is 14.9. The molecule has 3 aliphatic heterocycles. The van der Waals surface area contributed by atoms with Gasteiger partial charge in [-0.05, 0) is 45.2 Å². The second-order valence-electron chi connectivity index (χ2n) is 14.5. The molecule has 3 fully saturated rings. The fourth-order valence-electron chi connectivity index (χ4n) is 7.65. The average Bonchev–Trinajstić information content (AvgIpc) is 3.09. The number of aromatic nitrogens is 3. The van der Waals surface area contributed by atoms with Crippen LogP contribution in [-0.2, 0) is 17.7 Å². The zero-order valence-corrected chi connectivity index (χ0v) is 29.4. The second-order valence-corrected chi connectivity index (χ2v) is 14.5. The number of halogens is 3. The van der Waals surface area contributed by atoms with E-state index in [2.05, 4.69) is 36.7 Å². The number of carbonyl (C=O) groups is 1. The van der Waals surface area contributed by atoms with Gasteiger partial charge in [0.2, 0.25) is 0 Å². The summed E-state index contributed by atoms with van der Waals surface area (Å²) in [4.78, 5) is 35.3. The number of anilines is 1. The molecule has 0 bridgehead atoms. The first-order valence-electron chi connectivity index (χ1n) is 17.9. The summed E-state index contributed by atoms with van der Waals surface area (Å²) in [6.45, 7) is 10.0. The van der Waals surface area contributed by atoms with Crippen LogP contribution in [0.2, 0.25) is 0 Å². The van der Waals surface area contributed by atoms with Crippen LogP contribution >= 0.6 is 0 Å². The van der Waals surface area contributed by atoms with E-state index in [-0.39, 0.29) is 29.6 Å². The van der Waals surface area contributed by atoms with Gasteiger partial charge in [0.15, 0.2) is 11.6 Å². The van der Waals surface area contributed by atoms with Gasteiger partial charge in [-0.25, -0.2) is 23.1 Å². The van der Waals surface area contributed by atoms with Crippen molar-refractivity contribution in [3.8, 4) is 17.2 Å². The number of likely N-dealkylation sites (N-methyl/N-ethyl adjacent to an activating group) is 1. The molecule has 11 nitrogen and oxygen atoms in total. The lowest BCUT2D eigenvalue weighted by Crippen LogP contribution is -2.55. The Hall–Kier alpha value is -4.01. The largest absolute Gasteiger partial charge is 0.490 e. The molecule has 14 heteroatoms. The van der Waals surface area contributed by atoms with Crippen molar-refractivity contribution in [3.05, 3.63) is 65.6 Å². The highest BCUT2D eigenvalue weighted by atomic mass is 19.3. The molecule has 2 aromatic heterocycles. The number of hydrogen-bond acceptors (Lipinski definition) is 10. The minimum atomic E-state index is -2.81. The number of pyridine rings is 1. The summed E-state index contributed by atoms with van der Waals surface area (Å²) in [6, 6.07) is 4.63. The number of nitrogens with zero attached hydrogens (tertiary/aromatic N) is 7. The average molecular weight is 710 g/mol. The quantitative estimate of drug-likeness (QED) is 0.280. The summed E-state index contributed by atoms with van der Waals surface area (Å²) in [5.41, 5.74) is 2.19. The summed E-state index contributed by atoms with van der Waals surface area (Å²) in [5, 5.41) is 0. The van der Waals surface area contributed by atoms with Crippen molar-refractivity contribution in [2.75, 3.05) is 57.8 Å². The van der Waals surface area contributed by atoms with Gasteiger partial charge < -0.3 is 28.9 Å². The fourth-order valence-corrected chi connectivity index (χ4v) is 7.65. The van der Waals surface area contributed by atoms with Crippen LogP contribution < -0.4 is 14.4 Å². The standard InChI is InChI=1S/C37H46F3N7O4/c1-24(2)47(26-17-37(39,40)18-26)36(48)29-16-25(38)4-5-32(29)51-34-19-41-23-43-35(34)46-12-7-27(8-13-46)50-33-6-10-42-31-9-11-45(22-30(31)33)21-28-20-44(3)14-15-49-28/h4-6,10,16,19,23-24,26-28H,7-9,11-15,17-18,20-22H2,1-3H3/t28-/m0/s1. The molecule has 0 N–H and O–H groups in total. The SMILES string of the molecule is CC(C)N(C(=O)c1cc(F)ccc1Oc1cncnc1N1CCC(Oc2ccnc3c2CN(C[C@@H]2CN(C)CCO2)CC3)CC1)C1CC(F)(F)C1. The maximum Gasteiger partial charge on any atom is 0.258 e. The number of hydrogen-bond donors (Lipinski definition) is 0. The number of ether oxygens (including phenoxy) is 3. The third-order valence-electron chi connectivity index (χ3n) is 10.3. The molecule has 51 heavy (non-hydrogen) atoms. The maximum absolute atomic E-state index is 14.5. The summed E-state index contributed by atoms with van der Waals surface area (Å²) in [7, 11) is 2.14. The molecule has 1 saturated carbocycles. The van der Waals surface area contributed by atoms with Crippen molar-refractivity contribution in [2.45, 2.75) is 82.7 Å². The highest BCUT2D eigenvalue weighted by Crippen LogP contribution is 2.42. The third-order valence-corrected chi connectivity index (χ3v) is 10.3. The Morgan fingerprint density at radius 3 is 2.63 bits per heavy atom. The van der Waals surface area contributed by atoms with Crippen molar-refractivity contribution >= 4 is 11.7 Å². The number of piperidine rings is 1. The minimum absolute atomic E-state index is 0.00752. The molecule has 5 heterocycles. The Morgan fingerprint density at radius 1 is 1.08 bits per heavy atom. The van der Waals surface area contributed by atoms with Crippen molar-refractivity contribution in [2.24, 2.45) is 0 Å². The molecule has 1 aliphatic carbocycles. The normalized spacial score (nSPS) is 21.6. The number of benzene rings is 1. The van der Waals surface area contributed by atoms with Gasteiger partial charge >= 0.3 is 0 Å². The van der Waals surface area contributed by atoms with Gasteiger partial charge in [-0.1, -0.05) is 0 Å². The first-order valence-corrected chi connectivity index (χ1v) is 17.9. The highest BCUT2D eigenvalue weighted by molar-refractivity contribution is 5.97. The van der Waals surface area contributed by atoms with Crippen LogP contribution in [0.1, 0.15) is 61.1 Å². The van der Waals surface area contributed by atoms with E-state index in [1.54, 1.807) is 13.8 Å². The van der Waals surface area contributed by atoms with E-state index in [9.17, 15) is 18.0 Å². The number of morpholine rings is 1. The Morgan fingerprint density at radius 2 is 1.88 bits per heavy atom. The number of fused-ring (bicyclic) bond motifs is 1. The number of amides is 1. The van der Waals surface area contributed by atoms with Crippen LogP contribution in [0.3, 0.4) is 0 Å². The summed E-state index contributed by atoms with van der Waals surface area (Å²) in [6.07, 6.45) is 6.47. The molecule has 2 saturated heterocycles. The number of alkyl halides is 2. The molecule has 0 unspecified atom stereocenters. The van der Waals surface area contributed by atoms with Crippen molar-refractivity contribution in [1.29, 1.82) is 0 Å². The van der Waals surface area contributed by atoms with Gasteiger partial charge in [0.1, 0.15) is 29.7 Å². The van der Waals surface area contributed by atoms with E-state index < -0.39 is 36.5 Å². The lowest BCUT2D eigenvalue weighted by molar-refractivity contribution is -0.120. The van der Waals surface area contributed by atoms with Crippen LogP contribution in [0.5, 0.6) is 17.2 Å². The highest BCUT2D eigenvalue weighted by Gasteiger charge is 2.50. The summed E-state index contributed by atoms with van der Waals surface area (Å²) < 4.78 is 61.0. The first-order chi connectivity index (χ1) is 24.5. The van der Waals surface area contributed by atoms with E-state index in [4.69, 9.17) is 14.2 Å². The smallest absolute Gasteiger partial charge is 0.258 e. The molecule has 4 aliphatic rings. The van der Waals surface area contributed by atoms with Crippen molar-refractivity contribution < 1.29 is 32.2 Å². The lowest BCUT2D eigenvalue weighted by Gasteiger charge is -2.44. The van der Waals surface area contributed by atoms with Crippen LogP contribution in [0.4, 0.5) is 19.0 Å². The van der Waals surface area contributed by atoms with Gasteiger partial charge in [0, 0.05) is 107 Å². The Balaban J connectivity index is 1.01. The lowest BCUT2D eigenvalue weighted by atomic mass is 9.85. The molecule has 3 aromatic rings. The monoisotopic (exact) mass is 709 g/mol. The molecule has 0 spiro atoms. The third kappa shape index (κ3) is 8.07. The molecular formula is C37H46F3N7O4. The summed E-state index contributed by atoms with van der Waals surface area (Å²) in [5.74, 6) is -2.18. The van der Waals surface area contributed by atoms with Gasteiger partial charge in [-0.3, -0.25) is 14.7 Å². The molecule has 1 aromatic carbocycles. The zero-order chi connectivity index (χ0) is 35.7. The van der Waals surface area contributed by atoms with E-state index in [1.165, 1.54) is 29.6 Å². The molecule has 0 radical (unpaired) electrons. The zero-order valence-electron chi connectivity index (χ0n) is 29.4. The predicted molar refractivity (Wildman–Crippen MR) is 184 cm³/mol. The van der Waals surface area contributed by atoms with Crippen LogP contribution in [0.25, 0.3) is 0 Å². The van der Waals surface area contributed by atoms with Crippen molar-refractivity contribution in [3.63, 3.8) is 0 Å². The first kappa shape index (κ1) is 35.4. The van der Waals surface area contributed by atoms with Gasteiger partial charge in [0.05, 0.1) is 24.5 Å². The molecule has 1 atom stereocenters. The van der Waals surface area contributed by atoms with Crippen LogP contribution in [-0.4, -0.2) is 119 Å². The Bertz CT molecular complexity index is 1700. The molecule has 1 amide bonds. The van der Waals surface area contributed by atoms with E-state index >= 15 is 0 Å². The van der Waals surface area contributed by atoms with Gasteiger partial charge in [0.25, 0.3) is 11.8 Å². The molecular weight excluding hydrogens is 663 g/mol. The maximum atomic E-state index is 14.5. The minimum Gasteiger partial charge on any atom is -0.490 e. The number of carbonyl (C=O) groups excluding carboxylic acids is 1. The predicted octanol–water partition coefficient (Wildman–Crippen LogP) is 5.19. The number of rotatable bonds is 10. The van der Waals surface area contributed by atoms with Gasteiger partial charge in [-0.2, -0.15) is 0 Å². The van der Waals surface area contributed by atoms with Crippen LogP contribution in [0.15, 0.2) is 43.0 Å². The summed E-state index contributed by atoms with van der Waals surface area (Å²) >= 11 is 0. The molecule has 274 valence electrons. The molecule has 7 rings (SSSR count). The van der Waals surface area contributed by atoms with Crippen molar-refractivity contribution in [1.82, 2.24) is 29.7 Å². The van der Waals surface area contributed by atoms with E-state index in [0.29, 0.717) is 24.7 Å². The topological polar surface area (TPSA) is 96.4 Å².